The number of hydrogen-bond acceptors (Lipinski definition) is 4. The number of urea groups is 1. The van der Waals surface area contributed by atoms with Crippen LogP contribution >= 0.6 is 0 Å². The molecular weight excluding hydrogens is 316 g/mol. The minimum Gasteiger partial charge on any atom is -0.335 e. The Balaban J connectivity index is 2.00. The van der Waals surface area contributed by atoms with E-state index >= 15 is 0 Å². The lowest BCUT2D eigenvalue weighted by Gasteiger charge is -2.46. The molecule has 0 aliphatic heterocycles. The molecule has 1 aliphatic carbocycles. The van der Waals surface area contributed by atoms with Crippen LogP contribution in [0.1, 0.15) is 45.6 Å². The van der Waals surface area contributed by atoms with Gasteiger partial charge in [0.1, 0.15) is 0 Å². The molecule has 132 valence electrons. The molecular formula is C19H24N4O2. The Morgan fingerprint density at radius 2 is 1.96 bits per heavy atom. The van der Waals surface area contributed by atoms with Gasteiger partial charge in [-0.05, 0) is 54.4 Å². The van der Waals surface area contributed by atoms with Gasteiger partial charge < -0.3 is 10.6 Å². The van der Waals surface area contributed by atoms with Crippen LogP contribution in [0.4, 0.5) is 10.5 Å². The smallest absolute Gasteiger partial charge is 0.319 e. The highest BCUT2D eigenvalue weighted by atomic mass is 16.2. The predicted molar refractivity (Wildman–Crippen MR) is 95.8 cm³/mol. The van der Waals surface area contributed by atoms with Crippen molar-refractivity contribution in [2.24, 2.45) is 15.8 Å². The molecule has 0 saturated heterocycles. The maximum Gasteiger partial charge on any atom is 0.319 e. The van der Waals surface area contributed by atoms with Crippen LogP contribution in [-0.2, 0) is 4.79 Å². The third-order valence-electron chi connectivity index (χ3n) is 4.58. The van der Waals surface area contributed by atoms with Crippen molar-refractivity contribution >= 4 is 17.8 Å². The number of benzene rings is 1. The van der Waals surface area contributed by atoms with Gasteiger partial charge in [0, 0.05) is 11.7 Å². The summed E-state index contributed by atoms with van der Waals surface area (Å²) in [6, 6.07) is 8.50. The molecule has 6 heteroatoms. The lowest BCUT2D eigenvalue weighted by Crippen LogP contribution is -2.48. The average molecular weight is 340 g/mol. The summed E-state index contributed by atoms with van der Waals surface area (Å²) in [5.74, 6) is 0. The first kappa shape index (κ1) is 18.7. The summed E-state index contributed by atoms with van der Waals surface area (Å²) in [7, 11) is 0. The molecule has 2 rings (SSSR count). The molecule has 1 aliphatic rings. The van der Waals surface area contributed by atoms with E-state index in [1.54, 1.807) is 30.3 Å². The topological polar surface area (TPSA) is 94.3 Å². The molecule has 2 atom stereocenters. The van der Waals surface area contributed by atoms with E-state index in [-0.39, 0.29) is 22.9 Å². The highest BCUT2D eigenvalue weighted by Crippen LogP contribution is 2.46. The maximum absolute atomic E-state index is 12.3. The lowest BCUT2D eigenvalue weighted by atomic mass is 9.62. The summed E-state index contributed by atoms with van der Waals surface area (Å²) >= 11 is 0. The molecule has 0 spiro atoms. The standard InChI is InChI=1S/C19H24N4O2/c1-18(2)8-16(9-19(3,11-18)12-21-13-24)23-17(25)22-15-6-4-14(10-20)5-7-15/h4-7,16H,8-9,11-12H2,1-3H3,(H2,22,23,25). The monoisotopic (exact) mass is 340 g/mol. The van der Waals surface area contributed by atoms with Gasteiger partial charge in [-0.25, -0.2) is 14.6 Å². The SMILES string of the molecule is CC1(C)CC(NC(=O)Nc2ccc(C#N)cc2)CC(C)(CN=C=O)C1. The predicted octanol–water partition coefficient (Wildman–Crippen LogP) is 3.60. The molecule has 1 aromatic rings. The van der Waals surface area contributed by atoms with Gasteiger partial charge in [-0.1, -0.05) is 20.8 Å². The Hall–Kier alpha value is -2.64. The van der Waals surface area contributed by atoms with Gasteiger partial charge in [0.15, 0.2) is 0 Å². The first-order valence-corrected chi connectivity index (χ1v) is 8.37. The van der Waals surface area contributed by atoms with Crippen molar-refractivity contribution in [2.75, 3.05) is 11.9 Å². The zero-order valence-corrected chi connectivity index (χ0v) is 14.9. The van der Waals surface area contributed by atoms with Crippen molar-refractivity contribution in [3.8, 4) is 6.07 Å². The molecule has 1 aromatic carbocycles. The van der Waals surface area contributed by atoms with Crippen molar-refractivity contribution < 1.29 is 9.59 Å². The number of anilines is 1. The van der Waals surface area contributed by atoms with Crippen LogP contribution in [0.5, 0.6) is 0 Å². The van der Waals surface area contributed by atoms with Gasteiger partial charge in [-0.15, -0.1) is 0 Å². The van der Waals surface area contributed by atoms with Crippen LogP contribution in [0.2, 0.25) is 0 Å². The number of carbonyl (C=O) groups excluding carboxylic acids is 2. The summed E-state index contributed by atoms with van der Waals surface area (Å²) < 4.78 is 0. The van der Waals surface area contributed by atoms with Gasteiger partial charge in [0.2, 0.25) is 6.08 Å². The zero-order chi connectivity index (χ0) is 18.5. The lowest BCUT2D eigenvalue weighted by molar-refractivity contribution is 0.0815. The molecule has 0 aromatic heterocycles. The third kappa shape index (κ3) is 5.44. The molecule has 2 unspecified atom stereocenters. The van der Waals surface area contributed by atoms with Gasteiger partial charge in [-0.3, -0.25) is 0 Å². The fraction of sp³-hybridized carbons (Fsp3) is 0.526. The van der Waals surface area contributed by atoms with Crippen molar-refractivity contribution in [3.05, 3.63) is 29.8 Å². The first-order chi connectivity index (χ1) is 11.8. The van der Waals surface area contributed by atoms with Crippen LogP contribution in [0.15, 0.2) is 29.3 Å². The average Bonchev–Trinajstić information content (AvgIpc) is 2.51. The number of nitriles is 1. The number of nitrogens with one attached hydrogen (secondary N) is 2. The summed E-state index contributed by atoms with van der Waals surface area (Å²) in [4.78, 5) is 26.5. The van der Waals surface area contributed by atoms with E-state index in [2.05, 4.69) is 36.4 Å². The Morgan fingerprint density at radius 3 is 2.56 bits per heavy atom. The van der Waals surface area contributed by atoms with E-state index in [0.29, 0.717) is 17.8 Å². The van der Waals surface area contributed by atoms with E-state index in [1.807, 2.05) is 6.07 Å². The van der Waals surface area contributed by atoms with Gasteiger partial charge in [0.05, 0.1) is 18.2 Å². The number of carbonyl (C=O) groups is 1. The first-order valence-electron chi connectivity index (χ1n) is 8.37. The Morgan fingerprint density at radius 1 is 1.28 bits per heavy atom. The second-order valence-corrected chi connectivity index (χ2v) is 7.95. The van der Waals surface area contributed by atoms with Gasteiger partial charge in [-0.2, -0.15) is 5.26 Å². The summed E-state index contributed by atoms with van der Waals surface area (Å²) in [5, 5.41) is 14.6. The van der Waals surface area contributed by atoms with Crippen molar-refractivity contribution in [1.29, 1.82) is 5.26 Å². The summed E-state index contributed by atoms with van der Waals surface area (Å²) in [6.07, 6.45) is 4.20. The Kier molecular flexibility index (Phi) is 5.61. The number of isocyanates is 1. The van der Waals surface area contributed by atoms with Crippen LogP contribution in [-0.4, -0.2) is 24.7 Å². The van der Waals surface area contributed by atoms with Gasteiger partial charge >= 0.3 is 6.03 Å². The van der Waals surface area contributed by atoms with Gasteiger partial charge in [0.25, 0.3) is 0 Å². The zero-order valence-electron chi connectivity index (χ0n) is 14.9. The molecule has 1 fully saturated rings. The second kappa shape index (κ2) is 7.50. The molecule has 25 heavy (non-hydrogen) atoms. The number of rotatable bonds is 4. The fourth-order valence-electron chi connectivity index (χ4n) is 4.06. The maximum atomic E-state index is 12.3. The van der Waals surface area contributed by atoms with E-state index in [0.717, 1.165) is 19.3 Å². The second-order valence-electron chi connectivity index (χ2n) is 7.95. The third-order valence-corrected chi connectivity index (χ3v) is 4.58. The summed E-state index contributed by atoms with van der Waals surface area (Å²) in [5.41, 5.74) is 1.11. The van der Waals surface area contributed by atoms with Crippen LogP contribution in [0, 0.1) is 22.2 Å². The normalized spacial score (nSPS) is 24.5. The van der Waals surface area contributed by atoms with Crippen molar-refractivity contribution in [2.45, 2.75) is 46.1 Å². The molecule has 2 N–H and O–H groups in total. The number of aliphatic imine (C=N–C) groups is 1. The van der Waals surface area contributed by atoms with E-state index in [1.165, 1.54) is 0 Å². The molecule has 0 heterocycles. The number of amides is 2. The van der Waals surface area contributed by atoms with E-state index in [9.17, 15) is 9.59 Å². The van der Waals surface area contributed by atoms with Crippen LogP contribution in [0.3, 0.4) is 0 Å². The molecule has 1 saturated carbocycles. The largest absolute Gasteiger partial charge is 0.335 e. The highest BCUT2D eigenvalue weighted by Gasteiger charge is 2.41. The quantitative estimate of drug-likeness (QED) is 0.647. The molecule has 2 amide bonds. The van der Waals surface area contributed by atoms with Crippen molar-refractivity contribution in [3.63, 3.8) is 0 Å². The highest BCUT2D eigenvalue weighted by molar-refractivity contribution is 5.89. The van der Waals surface area contributed by atoms with E-state index < -0.39 is 0 Å². The van der Waals surface area contributed by atoms with E-state index in [4.69, 9.17) is 5.26 Å². The van der Waals surface area contributed by atoms with Crippen LogP contribution < -0.4 is 10.6 Å². The van der Waals surface area contributed by atoms with Crippen LogP contribution in [0.25, 0.3) is 0 Å². The van der Waals surface area contributed by atoms with Crippen molar-refractivity contribution in [1.82, 2.24) is 5.32 Å². The number of nitrogens with zero attached hydrogens (tertiary/aromatic N) is 2. The molecule has 6 nitrogen and oxygen atoms in total. The molecule has 0 bridgehead atoms. The Bertz CT molecular complexity index is 714. The Labute approximate surface area is 148 Å². The molecule has 0 radical (unpaired) electrons. The minimum absolute atomic E-state index is 0.00832. The minimum atomic E-state index is -0.270. The number of hydrogen-bond donors (Lipinski definition) is 2. The summed E-state index contributed by atoms with van der Waals surface area (Å²) in [6.45, 7) is 6.86. The fourth-order valence-corrected chi connectivity index (χ4v) is 4.06.